The van der Waals surface area contributed by atoms with Crippen molar-refractivity contribution in [2.75, 3.05) is 13.2 Å². The standard InChI is InChI=1S/C16H18BrFN2O4/c1-3-11-14(15(21)23-4-2)12(20-16(22)19-11)8-24-13-6-5-9(18)7-10(13)17/h5-7,11H,3-4,8H2,1-2H3,(H2,19,20,22)/t11-/m1/s1. The predicted molar refractivity (Wildman–Crippen MR) is 89.0 cm³/mol. The normalized spacial score (nSPS) is 17.2. The molecule has 2 amide bonds. The highest BCUT2D eigenvalue weighted by atomic mass is 79.9. The highest BCUT2D eigenvalue weighted by molar-refractivity contribution is 9.10. The Balaban J connectivity index is 2.26. The topological polar surface area (TPSA) is 76.7 Å². The Hall–Kier alpha value is -2.09. The van der Waals surface area contributed by atoms with Gasteiger partial charge in [-0.05, 0) is 47.5 Å². The Morgan fingerprint density at radius 2 is 2.12 bits per heavy atom. The van der Waals surface area contributed by atoms with E-state index in [1.54, 1.807) is 6.92 Å². The molecule has 2 rings (SSSR count). The van der Waals surface area contributed by atoms with Gasteiger partial charge in [-0.3, -0.25) is 0 Å². The van der Waals surface area contributed by atoms with Crippen LogP contribution in [0.15, 0.2) is 33.9 Å². The molecule has 6 nitrogen and oxygen atoms in total. The van der Waals surface area contributed by atoms with Gasteiger partial charge in [0.05, 0.1) is 28.4 Å². The van der Waals surface area contributed by atoms with E-state index in [0.717, 1.165) is 0 Å². The van der Waals surface area contributed by atoms with E-state index in [-0.39, 0.29) is 13.2 Å². The summed E-state index contributed by atoms with van der Waals surface area (Å²) in [6, 6.07) is 3.13. The van der Waals surface area contributed by atoms with Crippen molar-refractivity contribution < 1.29 is 23.5 Å². The van der Waals surface area contributed by atoms with Gasteiger partial charge >= 0.3 is 12.0 Å². The average Bonchev–Trinajstić information content (AvgIpc) is 2.53. The van der Waals surface area contributed by atoms with Gasteiger partial charge in [-0.1, -0.05) is 6.92 Å². The summed E-state index contributed by atoms with van der Waals surface area (Å²) in [4.78, 5) is 24.0. The molecule has 1 aliphatic heterocycles. The van der Waals surface area contributed by atoms with E-state index in [4.69, 9.17) is 9.47 Å². The van der Waals surface area contributed by atoms with E-state index in [2.05, 4.69) is 26.6 Å². The first kappa shape index (κ1) is 18.3. The third-order valence-electron chi connectivity index (χ3n) is 3.41. The zero-order chi connectivity index (χ0) is 17.7. The fourth-order valence-electron chi connectivity index (χ4n) is 2.32. The molecular formula is C16H18BrFN2O4. The summed E-state index contributed by atoms with van der Waals surface area (Å²) in [5, 5.41) is 5.26. The Labute approximate surface area is 147 Å². The molecule has 0 radical (unpaired) electrons. The summed E-state index contributed by atoms with van der Waals surface area (Å²) in [6.07, 6.45) is 0.533. The zero-order valence-electron chi connectivity index (χ0n) is 13.3. The Morgan fingerprint density at radius 1 is 1.38 bits per heavy atom. The molecule has 8 heteroatoms. The van der Waals surface area contributed by atoms with E-state index in [1.165, 1.54) is 18.2 Å². The minimum Gasteiger partial charge on any atom is -0.486 e. The van der Waals surface area contributed by atoms with Crippen LogP contribution >= 0.6 is 15.9 Å². The van der Waals surface area contributed by atoms with Crippen LogP contribution in [0, 0.1) is 5.82 Å². The van der Waals surface area contributed by atoms with Crippen LogP contribution in [0.4, 0.5) is 9.18 Å². The van der Waals surface area contributed by atoms with Crippen molar-refractivity contribution in [1.82, 2.24) is 10.6 Å². The maximum atomic E-state index is 13.1. The lowest BCUT2D eigenvalue weighted by molar-refractivity contribution is -0.139. The lowest BCUT2D eigenvalue weighted by atomic mass is 10.0. The molecule has 1 atom stereocenters. The summed E-state index contributed by atoms with van der Waals surface area (Å²) < 4.78 is 24.2. The third kappa shape index (κ3) is 4.25. The van der Waals surface area contributed by atoms with Gasteiger partial charge in [0.25, 0.3) is 0 Å². The first-order chi connectivity index (χ1) is 11.5. The maximum Gasteiger partial charge on any atom is 0.338 e. The third-order valence-corrected chi connectivity index (χ3v) is 4.03. The molecule has 0 unspecified atom stereocenters. The van der Waals surface area contributed by atoms with Crippen LogP contribution in [0.1, 0.15) is 20.3 Å². The van der Waals surface area contributed by atoms with Crippen LogP contribution < -0.4 is 15.4 Å². The Morgan fingerprint density at radius 3 is 2.75 bits per heavy atom. The lowest BCUT2D eigenvalue weighted by Gasteiger charge is -2.28. The molecule has 130 valence electrons. The van der Waals surface area contributed by atoms with E-state index in [1.807, 2.05) is 6.92 Å². The Kier molecular flexibility index (Phi) is 6.19. The van der Waals surface area contributed by atoms with Gasteiger partial charge in [0.1, 0.15) is 18.2 Å². The molecule has 24 heavy (non-hydrogen) atoms. The highest BCUT2D eigenvalue weighted by Gasteiger charge is 2.31. The van der Waals surface area contributed by atoms with Crippen molar-refractivity contribution in [3.63, 3.8) is 0 Å². The Bertz CT molecular complexity index is 678. The number of carbonyl (C=O) groups is 2. The SMILES string of the molecule is CCOC(=O)C1=C(COc2ccc(F)cc2Br)NC(=O)N[C@@H]1CC. The molecule has 2 N–H and O–H groups in total. The molecule has 1 aliphatic rings. The number of nitrogens with one attached hydrogen (secondary N) is 2. The van der Waals surface area contributed by atoms with Gasteiger partial charge in [0.2, 0.25) is 0 Å². The molecule has 0 spiro atoms. The van der Waals surface area contributed by atoms with Crippen molar-refractivity contribution >= 4 is 27.9 Å². The quantitative estimate of drug-likeness (QED) is 0.719. The van der Waals surface area contributed by atoms with Crippen LogP contribution in [0.5, 0.6) is 5.75 Å². The second-order valence-corrected chi connectivity index (χ2v) is 5.89. The largest absolute Gasteiger partial charge is 0.486 e. The van der Waals surface area contributed by atoms with Gasteiger partial charge in [-0.25, -0.2) is 14.0 Å². The van der Waals surface area contributed by atoms with Crippen LogP contribution in [0.3, 0.4) is 0 Å². The number of ether oxygens (including phenoxy) is 2. The number of benzene rings is 1. The number of rotatable bonds is 6. The van der Waals surface area contributed by atoms with Crippen LogP contribution in [0.2, 0.25) is 0 Å². The van der Waals surface area contributed by atoms with Crippen molar-refractivity contribution in [3.8, 4) is 5.75 Å². The summed E-state index contributed by atoms with van der Waals surface area (Å²) in [7, 11) is 0. The second-order valence-electron chi connectivity index (χ2n) is 5.04. The number of hydrogen-bond acceptors (Lipinski definition) is 4. The predicted octanol–water partition coefficient (Wildman–Crippen LogP) is 2.88. The molecule has 1 aromatic rings. The van der Waals surface area contributed by atoms with Crippen molar-refractivity contribution in [1.29, 1.82) is 0 Å². The van der Waals surface area contributed by atoms with Crippen molar-refractivity contribution in [2.24, 2.45) is 0 Å². The number of esters is 1. The molecule has 0 saturated heterocycles. The van der Waals surface area contributed by atoms with E-state index < -0.39 is 23.9 Å². The van der Waals surface area contributed by atoms with Crippen LogP contribution in [-0.4, -0.2) is 31.3 Å². The van der Waals surface area contributed by atoms with Crippen LogP contribution in [0.25, 0.3) is 0 Å². The average molecular weight is 401 g/mol. The van der Waals surface area contributed by atoms with Crippen LogP contribution in [-0.2, 0) is 9.53 Å². The highest BCUT2D eigenvalue weighted by Crippen LogP contribution is 2.26. The molecule has 0 bridgehead atoms. The smallest absolute Gasteiger partial charge is 0.338 e. The fraction of sp³-hybridized carbons (Fsp3) is 0.375. The lowest BCUT2D eigenvalue weighted by Crippen LogP contribution is -2.51. The first-order valence-corrected chi connectivity index (χ1v) is 8.31. The molecule has 0 fully saturated rings. The number of halogens is 2. The van der Waals surface area contributed by atoms with Gasteiger partial charge < -0.3 is 20.1 Å². The molecule has 0 saturated carbocycles. The van der Waals surface area contributed by atoms with Crippen molar-refractivity contribution in [2.45, 2.75) is 26.3 Å². The molecule has 0 aliphatic carbocycles. The van der Waals surface area contributed by atoms with Gasteiger partial charge in [0.15, 0.2) is 0 Å². The van der Waals surface area contributed by atoms with Gasteiger partial charge in [-0.15, -0.1) is 0 Å². The molecule has 0 aromatic heterocycles. The maximum absolute atomic E-state index is 13.1. The minimum absolute atomic E-state index is 0.0533. The molecular weight excluding hydrogens is 383 g/mol. The summed E-state index contributed by atoms with van der Waals surface area (Å²) in [6.45, 7) is 3.73. The fourth-order valence-corrected chi connectivity index (χ4v) is 2.78. The zero-order valence-corrected chi connectivity index (χ0v) is 14.9. The summed E-state index contributed by atoms with van der Waals surface area (Å²) in [5.74, 6) is -0.511. The first-order valence-electron chi connectivity index (χ1n) is 7.51. The summed E-state index contributed by atoms with van der Waals surface area (Å²) in [5.41, 5.74) is 0.664. The number of amides is 2. The molecule has 1 aromatic carbocycles. The van der Waals surface area contributed by atoms with Gasteiger partial charge in [-0.2, -0.15) is 0 Å². The number of urea groups is 1. The minimum atomic E-state index is -0.506. The van der Waals surface area contributed by atoms with E-state index >= 15 is 0 Å². The second kappa shape index (κ2) is 8.14. The van der Waals surface area contributed by atoms with Gasteiger partial charge in [0, 0.05) is 0 Å². The summed E-state index contributed by atoms with van der Waals surface area (Å²) >= 11 is 3.21. The monoisotopic (exact) mass is 400 g/mol. The number of hydrogen-bond donors (Lipinski definition) is 2. The number of carbonyl (C=O) groups excluding carboxylic acids is 2. The van der Waals surface area contributed by atoms with E-state index in [9.17, 15) is 14.0 Å². The van der Waals surface area contributed by atoms with Crippen molar-refractivity contribution in [3.05, 3.63) is 39.8 Å². The van der Waals surface area contributed by atoms with E-state index in [0.29, 0.717) is 27.9 Å². The molecule has 1 heterocycles.